The minimum Gasteiger partial charge on any atom is -0.460 e. The number of ether oxygens (including phenoxy) is 3. The molecule has 1 N–H and O–H groups in total. The van der Waals surface area contributed by atoms with Crippen molar-refractivity contribution in [1.29, 1.82) is 0 Å². The predicted octanol–water partition coefficient (Wildman–Crippen LogP) is 6.27. The normalized spacial score (nSPS) is 11.6. The van der Waals surface area contributed by atoms with E-state index < -0.39 is 32.4 Å². The van der Waals surface area contributed by atoms with Crippen molar-refractivity contribution in [2.75, 3.05) is 39.6 Å². The van der Waals surface area contributed by atoms with Gasteiger partial charge in [0.05, 0.1) is 6.61 Å². The highest BCUT2D eigenvalue weighted by Gasteiger charge is 2.39. The molecule has 0 aromatic rings. The molecule has 0 aliphatic carbocycles. The fourth-order valence-electron chi connectivity index (χ4n) is 3.94. The molecule has 0 aromatic carbocycles. The smallest absolute Gasteiger partial charge is 0.460 e. The van der Waals surface area contributed by atoms with Crippen LogP contribution in [0.1, 0.15) is 99.3 Å². The summed E-state index contributed by atoms with van der Waals surface area (Å²) in [6.07, 6.45) is 9.00. The molecular formula is C30H55NO9Si. The van der Waals surface area contributed by atoms with E-state index in [2.05, 4.69) is 18.5 Å². The molecule has 0 aliphatic rings. The van der Waals surface area contributed by atoms with Crippen LogP contribution in [-0.4, -0.2) is 72.0 Å². The predicted molar refractivity (Wildman–Crippen MR) is 161 cm³/mol. The third-order valence-electron chi connectivity index (χ3n) is 6.10. The summed E-state index contributed by atoms with van der Waals surface area (Å²) in [5.41, 5.74) is -0.732. The first-order chi connectivity index (χ1) is 19.4. The third-order valence-corrected chi connectivity index (χ3v) is 9.25. The van der Waals surface area contributed by atoms with Crippen molar-refractivity contribution in [2.45, 2.75) is 111 Å². The zero-order valence-electron chi connectivity index (χ0n) is 26.4. The van der Waals surface area contributed by atoms with Gasteiger partial charge in [0, 0.05) is 37.0 Å². The Bertz CT molecular complexity index is 756. The van der Waals surface area contributed by atoms with Crippen LogP contribution in [0.25, 0.3) is 0 Å². The van der Waals surface area contributed by atoms with Crippen LogP contribution >= 0.6 is 0 Å². The molecule has 0 saturated carbocycles. The molecule has 238 valence electrons. The van der Waals surface area contributed by atoms with Crippen LogP contribution in [0, 0.1) is 0 Å². The number of unbranched alkanes of at least 4 members (excludes halogenated alkanes) is 8. The van der Waals surface area contributed by atoms with E-state index in [4.69, 9.17) is 27.5 Å². The summed E-state index contributed by atoms with van der Waals surface area (Å²) in [5.74, 6) is -1.21. The molecule has 0 unspecified atom stereocenters. The van der Waals surface area contributed by atoms with Crippen LogP contribution in [0.3, 0.4) is 0 Å². The molecule has 0 fully saturated rings. The topological polar surface area (TPSA) is 119 Å². The molecule has 0 atom stereocenters. The largest absolute Gasteiger partial charge is 0.500 e. The summed E-state index contributed by atoms with van der Waals surface area (Å²) in [7, 11) is -2.52. The number of nitrogens with one attached hydrogen (secondary N) is 1. The zero-order chi connectivity index (χ0) is 31.2. The molecule has 0 aromatic heterocycles. The quantitative estimate of drug-likeness (QED) is 0.0425. The van der Waals surface area contributed by atoms with Gasteiger partial charge < -0.3 is 32.8 Å². The molecule has 10 nitrogen and oxygen atoms in total. The van der Waals surface area contributed by atoms with Gasteiger partial charge in [0.25, 0.3) is 0 Å². The van der Waals surface area contributed by atoms with E-state index in [0.717, 1.165) is 44.6 Å². The first kappa shape index (κ1) is 38.8. The Morgan fingerprint density at radius 1 is 0.659 bits per heavy atom. The van der Waals surface area contributed by atoms with E-state index in [1.165, 1.54) is 33.1 Å². The molecule has 0 rings (SSSR count). The molecule has 0 radical (unpaired) electrons. The second-order valence-electron chi connectivity index (χ2n) is 10.4. The van der Waals surface area contributed by atoms with Gasteiger partial charge in [-0.2, -0.15) is 0 Å². The molecule has 0 bridgehead atoms. The molecule has 0 saturated heterocycles. The second-order valence-corrected chi connectivity index (χ2v) is 13.2. The van der Waals surface area contributed by atoms with E-state index in [0.29, 0.717) is 19.8 Å². The second kappa shape index (κ2) is 22.4. The average Bonchev–Trinajstić information content (AvgIpc) is 2.91. The van der Waals surface area contributed by atoms with E-state index in [-0.39, 0.29) is 31.0 Å². The lowest BCUT2D eigenvalue weighted by Crippen LogP contribution is -2.53. The Labute approximate surface area is 248 Å². The summed E-state index contributed by atoms with van der Waals surface area (Å²) in [4.78, 5) is 36.0. The lowest BCUT2D eigenvalue weighted by Gasteiger charge is -2.29. The maximum Gasteiger partial charge on any atom is 0.500 e. The van der Waals surface area contributed by atoms with Gasteiger partial charge in [0.15, 0.2) is 0 Å². The number of hydrogen-bond donors (Lipinski definition) is 1. The highest BCUT2D eigenvalue weighted by Crippen LogP contribution is 2.21. The highest BCUT2D eigenvalue weighted by molar-refractivity contribution is 6.60. The van der Waals surface area contributed by atoms with Crippen molar-refractivity contribution in [3.05, 3.63) is 24.3 Å². The number of hydrogen-bond acceptors (Lipinski definition) is 9. The summed E-state index contributed by atoms with van der Waals surface area (Å²) >= 11 is 0. The van der Waals surface area contributed by atoms with E-state index in [1.54, 1.807) is 6.92 Å². The number of alkyl carbamates (subject to hydrolysis) is 1. The van der Waals surface area contributed by atoms with Crippen molar-refractivity contribution < 1.29 is 41.9 Å². The Kier molecular flexibility index (Phi) is 21.2. The first-order valence-electron chi connectivity index (χ1n) is 15.0. The van der Waals surface area contributed by atoms with Gasteiger partial charge in [-0.25, -0.2) is 14.4 Å². The van der Waals surface area contributed by atoms with Crippen molar-refractivity contribution >= 4 is 26.8 Å². The summed E-state index contributed by atoms with van der Waals surface area (Å²) in [6, 6.07) is 0.870. The van der Waals surface area contributed by atoms with Crippen molar-refractivity contribution in [3.63, 3.8) is 0 Å². The Hall–Kier alpha value is -2.21. The Balaban J connectivity index is 4.20. The van der Waals surface area contributed by atoms with Crippen molar-refractivity contribution in [3.8, 4) is 0 Å². The molecule has 0 heterocycles. The SMILES string of the molecule is C=C(C)C(=O)OCC(C)(COC(=O)C(=C)C)NC(=O)OCCCCCCCCCCC[Si](OCC)(OCC)OCC. The number of rotatable bonds is 25. The van der Waals surface area contributed by atoms with Crippen LogP contribution in [-0.2, 0) is 37.1 Å². The lowest BCUT2D eigenvalue weighted by molar-refractivity contribution is -0.145. The molecular weight excluding hydrogens is 546 g/mol. The molecule has 0 spiro atoms. The molecule has 11 heteroatoms. The van der Waals surface area contributed by atoms with Crippen molar-refractivity contribution in [2.24, 2.45) is 0 Å². The van der Waals surface area contributed by atoms with Gasteiger partial charge >= 0.3 is 26.8 Å². The van der Waals surface area contributed by atoms with Crippen LogP contribution in [0.4, 0.5) is 4.79 Å². The number of carbonyl (C=O) groups is 3. The van der Waals surface area contributed by atoms with Crippen LogP contribution in [0.2, 0.25) is 6.04 Å². The fourth-order valence-corrected chi connectivity index (χ4v) is 6.63. The van der Waals surface area contributed by atoms with E-state index >= 15 is 0 Å². The van der Waals surface area contributed by atoms with Gasteiger partial charge in [-0.05, 0) is 54.4 Å². The number of amides is 1. The fraction of sp³-hybridized carbons (Fsp3) is 0.767. The Morgan fingerprint density at radius 3 is 1.44 bits per heavy atom. The minimum atomic E-state index is -2.52. The number of carbonyl (C=O) groups excluding carboxylic acids is 3. The van der Waals surface area contributed by atoms with E-state index in [9.17, 15) is 14.4 Å². The minimum absolute atomic E-state index is 0.217. The zero-order valence-corrected chi connectivity index (χ0v) is 27.4. The summed E-state index contributed by atoms with van der Waals surface area (Å²) in [6.45, 7) is 19.3. The molecule has 0 aliphatic heterocycles. The van der Waals surface area contributed by atoms with Crippen LogP contribution in [0.15, 0.2) is 24.3 Å². The maximum absolute atomic E-state index is 12.4. The summed E-state index contributed by atoms with van der Waals surface area (Å²) < 4.78 is 33.4. The third kappa shape index (κ3) is 18.8. The molecule has 1 amide bonds. The molecule has 41 heavy (non-hydrogen) atoms. The Morgan fingerprint density at radius 2 is 1.05 bits per heavy atom. The monoisotopic (exact) mass is 601 g/mol. The number of esters is 2. The van der Waals surface area contributed by atoms with Gasteiger partial charge in [-0.3, -0.25) is 0 Å². The van der Waals surface area contributed by atoms with Crippen molar-refractivity contribution in [1.82, 2.24) is 5.32 Å². The van der Waals surface area contributed by atoms with Crippen LogP contribution < -0.4 is 5.32 Å². The van der Waals surface area contributed by atoms with Gasteiger partial charge in [-0.1, -0.05) is 58.1 Å². The lowest BCUT2D eigenvalue weighted by atomic mass is 10.1. The van der Waals surface area contributed by atoms with Gasteiger partial charge in [0.1, 0.15) is 18.8 Å². The summed E-state index contributed by atoms with van der Waals surface area (Å²) in [5, 5.41) is 2.65. The standard InChI is InChI=1S/C30H55NO9Si/c1-9-38-41(39-10-2,40-11-3)22-20-18-16-14-12-13-15-17-19-21-35-29(34)31-30(8,23-36-27(32)25(4)5)24-37-28(33)26(6)7/h4,6,9-24H2,1-3,5,7-8H3,(H,31,34). The average molecular weight is 602 g/mol. The highest BCUT2D eigenvalue weighted by atomic mass is 28.4. The van der Waals surface area contributed by atoms with Gasteiger partial charge in [0.2, 0.25) is 0 Å². The van der Waals surface area contributed by atoms with Crippen LogP contribution in [0.5, 0.6) is 0 Å². The van der Waals surface area contributed by atoms with Gasteiger partial charge in [-0.15, -0.1) is 0 Å². The maximum atomic E-state index is 12.4. The first-order valence-corrected chi connectivity index (χ1v) is 16.9. The van der Waals surface area contributed by atoms with E-state index in [1.807, 2.05) is 20.8 Å².